The lowest BCUT2D eigenvalue weighted by Crippen LogP contribution is -2.13. The molecule has 0 saturated carbocycles. The summed E-state index contributed by atoms with van der Waals surface area (Å²) in [6, 6.07) is 9.18. The molecule has 1 N–H and O–H groups in total. The smallest absolute Gasteiger partial charge is 0.261 e. The number of halogens is 3. The average Bonchev–Trinajstić information content (AvgIpc) is 2.42. The Kier molecular flexibility index (Phi) is 4.52. The van der Waals surface area contributed by atoms with Crippen molar-refractivity contribution in [2.75, 3.05) is 4.72 Å². The van der Waals surface area contributed by atoms with E-state index in [2.05, 4.69) is 20.7 Å². The summed E-state index contributed by atoms with van der Waals surface area (Å²) >= 11 is 8.89. The predicted octanol–water partition coefficient (Wildman–Crippen LogP) is 3.91. The van der Waals surface area contributed by atoms with Gasteiger partial charge in [-0.2, -0.15) is 5.26 Å². The van der Waals surface area contributed by atoms with Gasteiger partial charge >= 0.3 is 0 Å². The van der Waals surface area contributed by atoms with Crippen molar-refractivity contribution >= 4 is 43.2 Å². The Balaban J connectivity index is 2.39. The van der Waals surface area contributed by atoms with Crippen LogP contribution in [0.3, 0.4) is 0 Å². The number of hydrogen-bond donors (Lipinski definition) is 1. The number of rotatable bonds is 3. The van der Waals surface area contributed by atoms with Gasteiger partial charge in [0.1, 0.15) is 11.9 Å². The second kappa shape index (κ2) is 6.02. The zero-order valence-electron chi connectivity index (χ0n) is 10.3. The molecule has 0 radical (unpaired) electrons. The fourth-order valence-electron chi connectivity index (χ4n) is 1.53. The lowest BCUT2D eigenvalue weighted by atomic mass is 10.2. The molecule has 108 valence electrons. The van der Waals surface area contributed by atoms with Crippen molar-refractivity contribution in [1.29, 1.82) is 5.26 Å². The van der Waals surface area contributed by atoms with Crippen molar-refractivity contribution in [2.24, 2.45) is 0 Å². The first kappa shape index (κ1) is 15.8. The van der Waals surface area contributed by atoms with Crippen LogP contribution in [0.1, 0.15) is 5.56 Å². The molecule has 0 saturated heterocycles. The number of nitrogens with one attached hydrogen (secondary N) is 1. The molecule has 2 aromatic rings. The summed E-state index contributed by atoms with van der Waals surface area (Å²) in [6.07, 6.45) is 0. The van der Waals surface area contributed by atoms with E-state index in [0.717, 1.165) is 12.1 Å². The number of sulfonamides is 1. The highest BCUT2D eigenvalue weighted by Gasteiger charge is 2.17. The third kappa shape index (κ3) is 3.53. The molecule has 0 aromatic heterocycles. The van der Waals surface area contributed by atoms with E-state index in [1.54, 1.807) is 0 Å². The van der Waals surface area contributed by atoms with Crippen molar-refractivity contribution in [2.45, 2.75) is 4.90 Å². The van der Waals surface area contributed by atoms with E-state index in [0.29, 0.717) is 0 Å². The fourth-order valence-corrected chi connectivity index (χ4v) is 3.50. The van der Waals surface area contributed by atoms with E-state index < -0.39 is 15.8 Å². The number of anilines is 1. The van der Waals surface area contributed by atoms with Gasteiger partial charge in [0.25, 0.3) is 10.0 Å². The van der Waals surface area contributed by atoms with Crippen LogP contribution in [0.15, 0.2) is 45.8 Å². The normalized spacial score (nSPS) is 11.0. The Morgan fingerprint density at radius 1 is 1.24 bits per heavy atom. The summed E-state index contributed by atoms with van der Waals surface area (Å²) in [5.74, 6) is -0.494. The summed E-state index contributed by atoms with van der Waals surface area (Å²) in [6.45, 7) is 0. The van der Waals surface area contributed by atoms with Crippen LogP contribution in [-0.2, 0) is 10.0 Å². The Morgan fingerprint density at radius 2 is 1.95 bits per heavy atom. The molecule has 0 fully saturated rings. The largest absolute Gasteiger partial charge is 0.278 e. The molecule has 8 heteroatoms. The zero-order valence-corrected chi connectivity index (χ0v) is 13.4. The van der Waals surface area contributed by atoms with Gasteiger partial charge in [0.2, 0.25) is 0 Å². The van der Waals surface area contributed by atoms with Crippen LogP contribution in [-0.4, -0.2) is 8.42 Å². The molecule has 0 aliphatic carbocycles. The molecule has 0 spiro atoms. The van der Waals surface area contributed by atoms with Gasteiger partial charge in [0, 0.05) is 4.47 Å². The van der Waals surface area contributed by atoms with Gasteiger partial charge in [-0.25, -0.2) is 12.8 Å². The number of nitrogens with zero attached hydrogens (tertiary/aromatic N) is 1. The average molecular weight is 390 g/mol. The molecule has 0 bridgehead atoms. The molecule has 2 rings (SSSR count). The van der Waals surface area contributed by atoms with Crippen molar-refractivity contribution in [3.63, 3.8) is 0 Å². The maximum Gasteiger partial charge on any atom is 0.261 e. The summed E-state index contributed by atoms with van der Waals surface area (Å²) in [7, 11) is -3.89. The molecule has 0 aliphatic rings. The first-order chi connectivity index (χ1) is 9.83. The van der Waals surface area contributed by atoms with Crippen molar-refractivity contribution in [1.82, 2.24) is 0 Å². The van der Waals surface area contributed by atoms with E-state index in [4.69, 9.17) is 16.9 Å². The minimum absolute atomic E-state index is 0.0403. The molecular weight excluding hydrogens is 383 g/mol. The van der Waals surface area contributed by atoms with Crippen LogP contribution in [0.2, 0.25) is 5.02 Å². The number of hydrogen-bond acceptors (Lipinski definition) is 3. The zero-order chi connectivity index (χ0) is 15.6. The summed E-state index contributed by atoms with van der Waals surface area (Å²) < 4.78 is 40.0. The standard InChI is InChI=1S/C13H7BrClFN2O2S/c14-11-5-9(16)2-4-13(11)18-21(19,20)10-3-1-8(7-17)12(15)6-10/h1-6,18H. The Hall–Kier alpha value is -1.62. The lowest BCUT2D eigenvalue weighted by molar-refractivity contribution is 0.601. The third-order valence-corrected chi connectivity index (χ3v) is 4.88. The van der Waals surface area contributed by atoms with Gasteiger partial charge in [-0.05, 0) is 52.3 Å². The molecule has 21 heavy (non-hydrogen) atoms. The van der Waals surface area contributed by atoms with E-state index >= 15 is 0 Å². The maximum atomic E-state index is 13.0. The van der Waals surface area contributed by atoms with Gasteiger partial charge in [-0.1, -0.05) is 11.6 Å². The topological polar surface area (TPSA) is 70.0 Å². The highest BCUT2D eigenvalue weighted by atomic mass is 79.9. The molecular formula is C13H7BrClFN2O2S. The number of benzene rings is 2. The lowest BCUT2D eigenvalue weighted by Gasteiger charge is -2.10. The van der Waals surface area contributed by atoms with Crippen LogP contribution < -0.4 is 4.72 Å². The molecule has 0 aliphatic heterocycles. The SMILES string of the molecule is N#Cc1ccc(S(=O)(=O)Nc2ccc(F)cc2Br)cc1Cl. The molecule has 2 aromatic carbocycles. The molecule has 0 heterocycles. The van der Waals surface area contributed by atoms with Crippen LogP contribution in [0, 0.1) is 17.1 Å². The van der Waals surface area contributed by atoms with Gasteiger partial charge < -0.3 is 0 Å². The molecule has 0 unspecified atom stereocenters. The van der Waals surface area contributed by atoms with Gasteiger partial charge in [0.15, 0.2) is 0 Å². The van der Waals surface area contributed by atoms with E-state index in [1.807, 2.05) is 6.07 Å². The summed E-state index contributed by atoms with van der Waals surface area (Å²) in [5.41, 5.74) is 0.371. The van der Waals surface area contributed by atoms with Crippen molar-refractivity contribution in [3.8, 4) is 6.07 Å². The maximum absolute atomic E-state index is 13.0. The second-order valence-corrected chi connectivity index (χ2v) is 6.93. The van der Waals surface area contributed by atoms with E-state index in [-0.39, 0.29) is 25.6 Å². The van der Waals surface area contributed by atoms with E-state index in [1.165, 1.54) is 24.3 Å². The quantitative estimate of drug-likeness (QED) is 0.865. The van der Waals surface area contributed by atoms with Crippen LogP contribution in [0.25, 0.3) is 0 Å². The fraction of sp³-hybridized carbons (Fsp3) is 0. The number of nitriles is 1. The molecule has 0 amide bonds. The van der Waals surface area contributed by atoms with Crippen molar-refractivity contribution in [3.05, 3.63) is 57.3 Å². The first-order valence-electron chi connectivity index (χ1n) is 5.51. The second-order valence-electron chi connectivity index (χ2n) is 3.98. The van der Waals surface area contributed by atoms with Crippen LogP contribution in [0.5, 0.6) is 0 Å². The summed E-state index contributed by atoms with van der Waals surface area (Å²) in [4.78, 5) is -0.0947. The summed E-state index contributed by atoms with van der Waals surface area (Å²) in [5, 5.41) is 8.81. The third-order valence-electron chi connectivity index (χ3n) is 2.55. The monoisotopic (exact) mass is 388 g/mol. The Morgan fingerprint density at radius 3 is 2.52 bits per heavy atom. The van der Waals surface area contributed by atoms with E-state index in [9.17, 15) is 12.8 Å². The van der Waals surface area contributed by atoms with Crippen LogP contribution >= 0.6 is 27.5 Å². The highest BCUT2D eigenvalue weighted by Crippen LogP contribution is 2.27. The molecule has 4 nitrogen and oxygen atoms in total. The first-order valence-corrected chi connectivity index (χ1v) is 8.16. The van der Waals surface area contributed by atoms with Gasteiger partial charge in [0.05, 0.1) is 21.2 Å². The molecule has 0 atom stereocenters. The van der Waals surface area contributed by atoms with Crippen molar-refractivity contribution < 1.29 is 12.8 Å². The van der Waals surface area contributed by atoms with Gasteiger partial charge in [-0.3, -0.25) is 4.72 Å². The predicted molar refractivity (Wildman–Crippen MR) is 81.1 cm³/mol. The Bertz CT molecular complexity index is 850. The van der Waals surface area contributed by atoms with Gasteiger partial charge in [-0.15, -0.1) is 0 Å². The minimum atomic E-state index is -3.89. The van der Waals surface area contributed by atoms with Crippen LogP contribution in [0.4, 0.5) is 10.1 Å². The highest BCUT2D eigenvalue weighted by molar-refractivity contribution is 9.10. The minimum Gasteiger partial charge on any atom is -0.278 e. The Labute approximate surface area is 134 Å².